The lowest BCUT2D eigenvalue weighted by atomic mass is 9.79. The molecular formula is C18H28N4O. The van der Waals surface area contributed by atoms with Crippen molar-refractivity contribution in [1.82, 2.24) is 14.9 Å². The fourth-order valence-electron chi connectivity index (χ4n) is 3.37. The van der Waals surface area contributed by atoms with Gasteiger partial charge in [-0.2, -0.15) is 0 Å². The topological polar surface area (TPSA) is 58.1 Å². The van der Waals surface area contributed by atoms with Gasteiger partial charge in [0.25, 0.3) is 0 Å². The van der Waals surface area contributed by atoms with Crippen molar-refractivity contribution in [3.8, 4) is 0 Å². The molecule has 1 aliphatic heterocycles. The van der Waals surface area contributed by atoms with Crippen LogP contribution in [0.5, 0.6) is 0 Å². The molecule has 1 amide bonds. The van der Waals surface area contributed by atoms with Gasteiger partial charge in [0.15, 0.2) is 0 Å². The van der Waals surface area contributed by atoms with E-state index in [2.05, 4.69) is 41.0 Å². The Labute approximate surface area is 138 Å². The van der Waals surface area contributed by atoms with Crippen LogP contribution >= 0.6 is 0 Å². The molecule has 5 nitrogen and oxygen atoms in total. The van der Waals surface area contributed by atoms with E-state index in [4.69, 9.17) is 0 Å². The number of rotatable bonds is 3. The highest BCUT2D eigenvalue weighted by atomic mass is 16.2. The molecule has 5 heteroatoms. The molecule has 1 saturated heterocycles. The van der Waals surface area contributed by atoms with E-state index in [0.29, 0.717) is 11.9 Å². The van der Waals surface area contributed by atoms with E-state index < -0.39 is 0 Å². The van der Waals surface area contributed by atoms with Gasteiger partial charge in [-0.05, 0) is 32.1 Å². The average Bonchev–Trinajstić information content (AvgIpc) is 2.50. The molecule has 1 N–H and O–H groups in total. The first-order valence-electron chi connectivity index (χ1n) is 8.81. The molecule has 2 aliphatic rings. The normalized spacial score (nSPS) is 24.9. The number of carbonyl (C=O) groups excluding carboxylic acids is 1. The molecule has 0 aromatic carbocycles. The number of hydrogen-bond acceptors (Lipinski definition) is 4. The van der Waals surface area contributed by atoms with Gasteiger partial charge in [0.05, 0.1) is 5.69 Å². The molecule has 1 aliphatic carbocycles. The van der Waals surface area contributed by atoms with E-state index in [9.17, 15) is 4.79 Å². The van der Waals surface area contributed by atoms with Crippen LogP contribution in [0.3, 0.4) is 0 Å². The van der Waals surface area contributed by atoms with Gasteiger partial charge in [-0.25, -0.2) is 9.97 Å². The van der Waals surface area contributed by atoms with Crippen LogP contribution in [-0.4, -0.2) is 39.9 Å². The second-order valence-corrected chi connectivity index (χ2v) is 7.93. The number of piperidine rings is 1. The maximum absolute atomic E-state index is 12.4. The van der Waals surface area contributed by atoms with E-state index in [-0.39, 0.29) is 11.3 Å². The molecule has 126 valence electrons. The van der Waals surface area contributed by atoms with Crippen molar-refractivity contribution in [3.63, 3.8) is 0 Å². The minimum atomic E-state index is 0.0196. The van der Waals surface area contributed by atoms with Gasteiger partial charge >= 0.3 is 0 Å². The number of nitrogens with one attached hydrogen (secondary N) is 1. The number of amides is 1. The zero-order valence-electron chi connectivity index (χ0n) is 14.5. The van der Waals surface area contributed by atoms with Crippen molar-refractivity contribution >= 4 is 11.7 Å². The van der Waals surface area contributed by atoms with Gasteiger partial charge < -0.3 is 10.2 Å². The van der Waals surface area contributed by atoms with Crippen molar-refractivity contribution in [2.45, 2.75) is 64.3 Å². The van der Waals surface area contributed by atoms with Gasteiger partial charge in [0, 0.05) is 36.5 Å². The molecule has 2 fully saturated rings. The summed E-state index contributed by atoms with van der Waals surface area (Å²) in [7, 11) is 0. The monoisotopic (exact) mass is 316 g/mol. The zero-order valence-corrected chi connectivity index (χ0v) is 14.5. The second kappa shape index (κ2) is 6.46. The van der Waals surface area contributed by atoms with Gasteiger partial charge in [0.1, 0.15) is 12.1 Å². The van der Waals surface area contributed by atoms with Crippen LogP contribution in [0.25, 0.3) is 0 Å². The predicted octanol–water partition coefficient (Wildman–Crippen LogP) is 2.98. The molecule has 0 bridgehead atoms. The second-order valence-electron chi connectivity index (χ2n) is 7.93. The first-order chi connectivity index (χ1) is 10.9. The number of hydrogen-bond donors (Lipinski definition) is 1. The number of aromatic nitrogens is 2. The van der Waals surface area contributed by atoms with Crippen LogP contribution in [0.2, 0.25) is 0 Å². The van der Waals surface area contributed by atoms with E-state index in [1.54, 1.807) is 6.33 Å². The molecular weight excluding hydrogens is 288 g/mol. The van der Waals surface area contributed by atoms with Crippen LogP contribution < -0.4 is 5.32 Å². The molecule has 0 unspecified atom stereocenters. The summed E-state index contributed by atoms with van der Waals surface area (Å²) in [6.45, 7) is 8.35. The zero-order chi connectivity index (χ0) is 16.4. The highest BCUT2D eigenvalue weighted by Gasteiger charge is 2.37. The highest BCUT2D eigenvalue weighted by molar-refractivity contribution is 5.80. The summed E-state index contributed by atoms with van der Waals surface area (Å²) in [5.41, 5.74) is 1.06. The lowest BCUT2D eigenvalue weighted by Crippen LogP contribution is -2.47. The minimum Gasteiger partial charge on any atom is -0.367 e. The summed E-state index contributed by atoms with van der Waals surface area (Å²) in [6.07, 6.45) is 7.06. The summed E-state index contributed by atoms with van der Waals surface area (Å²) in [5.74, 6) is 1.44. The minimum absolute atomic E-state index is 0.0196. The summed E-state index contributed by atoms with van der Waals surface area (Å²) in [5, 5.41) is 3.46. The number of anilines is 1. The fourth-order valence-corrected chi connectivity index (χ4v) is 3.37. The molecule has 1 aromatic heterocycles. The van der Waals surface area contributed by atoms with Crippen LogP contribution in [0, 0.1) is 5.92 Å². The maximum Gasteiger partial charge on any atom is 0.225 e. The summed E-state index contributed by atoms with van der Waals surface area (Å²) in [6, 6.07) is 2.39. The van der Waals surface area contributed by atoms with E-state index >= 15 is 0 Å². The Morgan fingerprint density at radius 2 is 1.87 bits per heavy atom. The van der Waals surface area contributed by atoms with Crippen LogP contribution in [0.1, 0.15) is 58.6 Å². The first-order valence-corrected chi connectivity index (χ1v) is 8.81. The number of carbonyl (C=O) groups is 1. The lowest BCUT2D eigenvalue weighted by molar-refractivity contribution is -0.139. The summed E-state index contributed by atoms with van der Waals surface area (Å²) >= 11 is 0. The molecule has 23 heavy (non-hydrogen) atoms. The van der Waals surface area contributed by atoms with Gasteiger partial charge in [-0.15, -0.1) is 0 Å². The third-order valence-corrected chi connectivity index (χ3v) is 4.94. The Kier molecular flexibility index (Phi) is 4.55. The molecule has 1 saturated carbocycles. The average molecular weight is 316 g/mol. The number of likely N-dealkylation sites (tertiary alicyclic amines) is 1. The molecule has 2 heterocycles. The summed E-state index contributed by atoms with van der Waals surface area (Å²) < 4.78 is 0. The standard InChI is InChI=1S/C18H28N4O/c1-18(2,3)15-11-16(20-12-19-15)21-14-9-13(10-14)17(23)22-7-5-4-6-8-22/h11-14H,4-10H2,1-3H3,(H,19,20,21)/t13-,14-. The lowest BCUT2D eigenvalue weighted by Gasteiger charge is -2.39. The molecule has 0 spiro atoms. The Balaban J connectivity index is 1.51. The SMILES string of the molecule is CC(C)(C)c1cc(N[C@H]2C[C@H](C(=O)N3CCCCC3)C2)ncn1. The Morgan fingerprint density at radius 1 is 1.17 bits per heavy atom. The van der Waals surface area contributed by atoms with Crippen LogP contribution in [-0.2, 0) is 10.2 Å². The molecule has 0 atom stereocenters. The van der Waals surface area contributed by atoms with Crippen LogP contribution in [0.4, 0.5) is 5.82 Å². The third kappa shape index (κ3) is 3.82. The van der Waals surface area contributed by atoms with E-state index in [1.807, 2.05) is 6.07 Å². The largest absolute Gasteiger partial charge is 0.367 e. The van der Waals surface area contributed by atoms with Crippen molar-refractivity contribution in [2.75, 3.05) is 18.4 Å². The van der Waals surface area contributed by atoms with E-state index in [1.165, 1.54) is 6.42 Å². The van der Waals surface area contributed by atoms with Gasteiger partial charge in [-0.3, -0.25) is 4.79 Å². The Hall–Kier alpha value is -1.65. The van der Waals surface area contributed by atoms with Crippen molar-refractivity contribution in [3.05, 3.63) is 18.1 Å². The highest BCUT2D eigenvalue weighted by Crippen LogP contribution is 2.32. The Morgan fingerprint density at radius 3 is 2.52 bits per heavy atom. The maximum atomic E-state index is 12.4. The quantitative estimate of drug-likeness (QED) is 0.931. The van der Waals surface area contributed by atoms with Crippen LogP contribution in [0.15, 0.2) is 12.4 Å². The summed E-state index contributed by atoms with van der Waals surface area (Å²) in [4.78, 5) is 23.2. The van der Waals surface area contributed by atoms with Gasteiger partial charge in [0.2, 0.25) is 5.91 Å². The van der Waals surface area contributed by atoms with Gasteiger partial charge in [-0.1, -0.05) is 20.8 Å². The molecule has 0 radical (unpaired) electrons. The van der Waals surface area contributed by atoms with Crippen molar-refractivity contribution in [2.24, 2.45) is 5.92 Å². The van der Waals surface area contributed by atoms with Crippen molar-refractivity contribution in [1.29, 1.82) is 0 Å². The first kappa shape index (κ1) is 16.2. The fraction of sp³-hybridized carbons (Fsp3) is 0.722. The number of nitrogens with zero attached hydrogens (tertiary/aromatic N) is 3. The smallest absolute Gasteiger partial charge is 0.225 e. The third-order valence-electron chi connectivity index (χ3n) is 4.94. The molecule has 1 aromatic rings. The van der Waals surface area contributed by atoms with Crippen molar-refractivity contribution < 1.29 is 4.79 Å². The predicted molar refractivity (Wildman–Crippen MR) is 91.3 cm³/mol. The van der Waals surface area contributed by atoms with E-state index in [0.717, 1.165) is 50.3 Å². The molecule has 3 rings (SSSR count). The Bertz CT molecular complexity index is 554.